The Labute approximate surface area is 127 Å². The van der Waals surface area contributed by atoms with Gasteiger partial charge >= 0.3 is 0 Å². The Bertz CT molecular complexity index is 789. The van der Waals surface area contributed by atoms with Gasteiger partial charge in [0.05, 0.1) is 11.2 Å². The quantitative estimate of drug-likeness (QED) is 0.702. The van der Waals surface area contributed by atoms with Gasteiger partial charge in [-0.25, -0.2) is 0 Å². The summed E-state index contributed by atoms with van der Waals surface area (Å²) in [6, 6.07) is 10.5. The molecule has 0 amide bonds. The number of furan rings is 1. The van der Waals surface area contributed by atoms with E-state index in [0.29, 0.717) is 0 Å². The molecule has 0 fully saturated rings. The Kier molecular flexibility index (Phi) is 3.01. The summed E-state index contributed by atoms with van der Waals surface area (Å²) in [5, 5.41) is 3.35. The highest BCUT2D eigenvalue weighted by atomic mass is 32.1. The molecule has 108 valence electrons. The lowest BCUT2D eigenvalue weighted by molar-refractivity contribution is 0.121. The van der Waals surface area contributed by atoms with Crippen molar-refractivity contribution in [2.24, 2.45) is 0 Å². The van der Waals surface area contributed by atoms with E-state index in [0.717, 1.165) is 30.4 Å². The number of nitrogens with zero attached hydrogens (tertiary/aromatic N) is 1. The van der Waals surface area contributed by atoms with Crippen molar-refractivity contribution in [3.63, 3.8) is 0 Å². The fourth-order valence-electron chi connectivity index (χ4n) is 2.98. The highest BCUT2D eigenvalue weighted by molar-refractivity contribution is 7.17. The van der Waals surface area contributed by atoms with Crippen molar-refractivity contribution >= 4 is 21.4 Å². The summed E-state index contributed by atoms with van der Waals surface area (Å²) in [6.45, 7) is 3.73. The SMILES string of the molecule is Cc1cc2c(o1)CN(C)CC2Oc1cccc2ccsc12. The molecule has 3 heterocycles. The van der Waals surface area contributed by atoms with Gasteiger partial charge < -0.3 is 9.15 Å². The molecule has 3 aromatic rings. The van der Waals surface area contributed by atoms with E-state index in [1.165, 1.54) is 15.6 Å². The highest BCUT2D eigenvalue weighted by Crippen LogP contribution is 2.36. The number of aryl methyl sites for hydroxylation is 1. The smallest absolute Gasteiger partial charge is 0.140 e. The Morgan fingerprint density at radius 3 is 3.14 bits per heavy atom. The third kappa shape index (κ3) is 2.24. The average Bonchev–Trinajstić information content (AvgIpc) is 3.04. The molecule has 4 heteroatoms. The molecule has 3 nitrogen and oxygen atoms in total. The largest absolute Gasteiger partial charge is 0.483 e. The number of rotatable bonds is 2. The first kappa shape index (κ1) is 12.9. The standard InChI is InChI=1S/C17H17NO2S/c1-11-8-13-15(19-11)9-18(2)10-16(13)20-14-5-3-4-12-6-7-21-17(12)14/h3-8,16H,9-10H2,1-2H3. The van der Waals surface area contributed by atoms with Gasteiger partial charge in [-0.2, -0.15) is 0 Å². The van der Waals surface area contributed by atoms with Gasteiger partial charge in [0, 0.05) is 12.1 Å². The van der Waals surface area contributed by atoms with E-state index >= 15 is 0 Å². The lowest BCUT2D eigenvalue weighted by Crippen LogP contribution is -2.32. The molecule has 1 aliphatic heterocycles. The Morgan fingerprint density at radius 1 is 1.33 bits per heavy atom. The van der Waals surface area contributed by atoms with Crippen molar-refractivity contribution in [1.29, 1.82) is 0 Å². The molecule has 1 unspecified atom stereocenters. The van der Waals surface area contributed by atoms with Gasteiger partial charge in [-0.15, -0.1) is 11.3 Å². The van der Waals surface area contributed by atoms with Crippen molar-refractivity contribution in [3.8, 4) is 5.75 Å². The first-order valence-corrected chi connectivity index (χ1v) is 7.99. The molecule has 0 saturated heterocycles. The van der Waals surface area contributed by atoms with E-state index in [1.807, 2.05) is 6.92 Å². The molecule has 2 aromatic heterocycles. The number of thiophene rings is 1. The minimum Gasteiger partial charge on any atom is -0.483 e. The molecule has 4 rings (SSSR count). The zero-order valence-electron chi connectivity index (χ0n) is 12.1. The summed E-state index contributed by atoms with van der Waals surface area (Å²) in [6.07, 6.45) is 0.0314. The van der Waals surface area contributed by atoms with Crippen LogP contribution in [0.25, 0.3) is 10.1 Å². The van der Waals surface area contributed by atoms with Gasteiger partial charge in [-0.05, 0) is 42.9 Å². The van der Waals surface area contributed by atoms with Crippen LogP contribution in [0.5, 0.6) is 5.75 Å². The molecule has 21 heavy (non-hydrogen) atoms. The minimum absolute atomic E-state index is 0.0314. The van der Waals surface area contributed by atoms with Gasteiger partial charge in [0.15, 0.2) is 0 Å². The van der Waals surface area contributed by atoms with E-state index in [-0.39, 0.29) is 6.10 Å². The normalized spacial score (nSPS) is 18.9. The van der Waals surface area contributed by atoms with Crippen molar-refractivity contribution in [1.82, 2.24) is 4.90 Å². The highest BCUT2D eigenvalue weighted by Gasteiger charge is 2.28. The molecule has 1 aliphatic rings. The van der Waals surface area contributed by atoms with Crippen LogP contribution in [-0.4, -0.2) is 18.5 Å². The zero-order valence-corrected chi connectivity index (χ0v) is 12.9. The van der Waals surface area contributed by atoms with E-state index in [9.17, 15) is 0 Å². The van der Waals surface area contributed by atoms with E-state index in [2.05, 4.69) is 47.7 Å². The molecule has 0 saturated carbocycles. The van der Waals surface area contributed by atoms with Crippen LogP contribution in [0.15, 0.2) is 40.1 Å². The Hall–Kier alpha value is -1.78. The number of hydrogen-bond donors (Lipinski definition) is 0. The van der Waals surface area contributed by atoms with Crippen molar-refractivity contribution in [3.05, 3.63) is 52.8 Å². The second-order valence-electron chi connectivity index (χ2n) is 5.63. The summed E-state index contributed by atoms with van der Waals surface area (Å²) in [5.41, 5.74) is 1.19. The molecule has 0 radical (unpaired) electrons. The van der Waals surface area contributed by atoms with Crippen LogP contribution >= 0.6 is 11.3 Å². The van der Waals surface area contributed by atoms with Crippen LogP contribution in [-0.2, 0) is 6.54 Å². The van der Waals surface area contributed by atoms with E-state index in [4.69, 9.17) is 9.15 Å². The topological polar surface area (TPSA) is 25.6 Å². The van der Waals surface area contributed by atoms with Gasteiger partial charge in [0.1, 0.15) is 23.4 Å². The minimum atomic E-state index is 0.0314. The molecule has 0 spiro atoms. The maximum atomic E-state index is 6.35. The van der Waals surface area contributed by atoms with Crippen LogP contribution in [0.2, 0.25) is 0 Å². The van der Waals surface area contributed by atoms with Crippen molar-refractivity contribution in [2.45, 2.75) is 19.6 Å². The summed E-state index contributed by atoms with van der Waals surface area (Å²) in [4.78, 5) is 2.24. The number of ether oxygens (including phenoxy) is 1. The molecular formula is C17H17NO2S. The first-order chi connectivity index (χ1) is 10.2. The number of likely N-dealkylation sites (N-methyl/N-ethyl adjacent to an activating group) is 1. The van der Waals surface area contributed by atoms with Crippen LogP contribution < -0.4 is 4.74 Å². The number of benzene rings is 1. The molecule has 0 bridgehead atoms. The zero-order chi connectivity index (χ0) is 14.4. The van der Waals surface area contributed by atoms with Crippen LogP contribution in [0.1, 0.15) is 23.2 Å². The Morgan fingerprint density at radius 2 is 2.24 bits per heavy atom. The van der Waals surface area contributed by atoms with E-state index in [1.54, 1.807) is 11.3 Å². The predicted molar refractivity (Wildman–Crippen MR) is 85.0 cm³/mol. The van der Waals surface area contributed by atoms with Crippen LogP contribution in [0.3, 0.4) is 0 Å². The van der Waals surface area contributed by atoms with Gasteiger partial charge in [-0.1, -0.05) is 12.1 Å². The maximum Gasteiger partial charge on any atom is 0.140 e. The van der Waals surface area contributed by atoms with Gasteiger partial charge in [0.2, 0.25) is 0 Å². The van der Waals surface area contributed by atoms with Crippen LogP contribution in [0.4, 0.5) is 0 Å². The lowest BCUT2D eigenvalue weighted by atomic mass is 10.1. The van der Waals surface area contributed by atoms with Gasteiger partial charge in [0.25, 0.3) is 0 Å². The molecular weight excluding hydrogens is 282 g/mol. The van der Waals surface area contributed by atoms with Gasteiger partial charge in [-0.3, -0.25) is 4.90 Å². The predicted octanol–water partition coefficient (Wildman–Crippen LogP) is 4.37. The summed E-state index contributed by atoms with van der Waals surface area (Å²) < 4.78 is 13.4. The fraction of sp³-hybridized carbons (Fsp3) is 0.294. The monoisotopic (exact) mass is 299 g/mol. The summed E-state index contributed by atoms with van der Waals surface area (Å²) >= 11 is 1.73. The second kappa shape index (κ2) is 4.90. The van der Waals surface area contributed by atoms with Crippen molar-refractivity contribution in [2.75, 3.05) is 13.6 Å². The maximum absolute atomic E-state index is 6.35. The Balaban J connectivity index is 1.72. The number of fused-ring (bicyclic) bond motifs is 2. The van der Waals surface area contributed by atoms with E-state index < -0.39 is 0 Å². The summed E-state index contributed by atoms with van der Waals surface area (Å²) in [5.74, 6) is 2.95. The molecule has 1 atom stereocenters. The molecule has 1 aromatic carbocycles. The third-order valence-corrected chi connectivity index (χ3v) is 4.86. The second-order valence-corrected chi connectivity index (χ2v) is 6.55. The summed E-state index contributed by atoms with van der Waals surface area (Å²) in [7, 11) is 2.10. The third-order valence-electron chi connectivity index (χ3n) is 3.91. The fourth-order valence-corrected chi connectivity index (χ4v) is 3.84. The lowest BCUT2D eigenvalue weighted by Gasteiger charge is -2.29. The number of hydrogen-bond acceptors (Lipinski definition) is 4. The molecule has 0 N–H and O–H groups in total. The van der Waals surface area contributed by atoms with Crippen molar-refractivity contribution < 1.29 is 9.15 Å². The average molecular weight is 299 g/mol. The first-order valence-electron chi connectivity index (χ1n) is 7.11. The van der Waals surface area contributed by atoms with Crippen LogP contribution in [0, 0.1) is 6.92 Å². The molecule has 0 aliphatic carbocycles.